The van der Waals surface area contributed by atoms with E-state index in [4.69, 9.17) is 0 Å². The van der Waals surface area contributed by atoms with Crippen molar-refractivity contribution in [2.75, 3.05) is 18.5 Å². The number of amides is 2. The number of nitrogens with zero attached hydrogens (tertiary/aromatic N) is 3. The Kier molecular flexibility index (Phi) is 6.70. The predicted molar refractivity (Wildman–Crippen MR) is 142 cm³/mol. The summed E-state index contributed by atoms with van der Waals surface area (Å²) >= 11 is 0. The molecule has 0 radical (unpaired) electrons. The molecule has 37 heavy (non-hydrogen) atoms. The lowest BCUT2D eigenvalue weighted by Gasteiger charge is -2.10. The van der Waals surface area contributed by atoms with Crippen LogP contribution in [0.3, 0.4) is 0 Å². The molecule has 0 spiro atoms. The molecule has 2 amide bonds. The summed E-state index contributed by atoms with van der Waals surface area (Å²) in [6.07, 6.45) is 5.71. The Bertz CT molecular complexity index is 1500. The summed E-state index contributed by atoms with van der Waals surface area (Å²) in [7, 11) is 0. The third kappa shape index (κ3) is 4.81. The average Bonchev–Trinajstić information content (AvgIpc) is 3.58. The fraction of sp³-hybridized carbons (Fsp3) is 0.214. The van der Waals surface area contributed by atoms with Crippen LogP contribution >= 0.6 is 0 Å². The Morgan fingerprint density at radius 3 is 2.81 bits per heavy atom. The van der Waals surface area contributed by atoms with Gasteiger partial charge in [-0.05, 0) is 54.7 Å². The molecular weight excluding hydrogens is 468 g/mol. The lowest BCUT2D eigenvalue weighted by molar-refractivity contribution is -0.110. The number of rotatable bonds is 8. The smallest absolute Gasteiger partial charge is 0.256 e. The van der Waals surface area contributed by atoms with Gasteiger partial charge in [-0.15, -0.1) is 5.10 Å². The lowest BCUT2D eigenvalue weighted by Crippen LogP contribution is -2.28. The quantitative estimate of drug-likeness (QED) is 0.279. The molecule has 0 aliphatic carbocycles. The van der Waals surface area contributed by atoms with E-state index in [9.17, 15) is 14.7 Å². The average molecular weight is 497 g/mol. The standard InChI is InChI=1S/C28H28N6O3/c1-17-24(31-18(2)25(17)28(37)29-10-12-34-13-11-30-33-34)16-22-26-21(7-4-8-23(26)32-27(22)36)20-6-3-5-19(15-20)9-14-35/h3-8,11,13,15-16,31,35H,9-10,12,14H2,1-2H3,(H,29,37)(H,32,36). The zero-order valence-corrected chi connectivity index (χ0v) is 20.7. The number of nitrogens with one attached hydrogen (secondary N) is 3. The number of hydrogen-bond acceptors (Lipinski definition) is 5. The van der Waals surface area contributed by atoms with E-state index in [-0.39, 0.29) is 18.4 Å². The van der Waals surface area contributed by atoms with Crippen LogP contribution in [0.15, 0.2) is 54.9 Å². The van der Waals surface area contributed by atoms with E-state index < -0.39 is 0 Å². The maximum absolute atomic E-state index is 13.1. The highest BCUT2D eigenvalue weighted by atomic mass is 16.3. The van der Waals surface area contributed by atoms with Gasteiger partial charge in [0.2, 0.25) is 0 Å². The number of aliphatic hydroxyl groups is 1. The Balaban J connectivity index is 1.47. The zero-order chi connectivity index (χ0) is 25.9. The van der Waals surface area contributed by atoms with E-state index in [1.807, 2.05) is 62.4 Å². The number of carbonyl (C=O) groups is 2. The number of fused-ring (bicyclic) bond motifs is 1. The molecule has 0 saturated heterocycles. The number of aromatic nitrogens is 4. The van der Waals surface area contributed by atoms with Crippen LogP contribution in [0, 0.1) is 13.8 Å². The van der Waals surface area contributed by atoms with Gasteiger partial charge in [-0.1, -0.05) is 41.6 Å². The summed E-state index contributed by atoms with van der Waals surface area (Å²) in [5.41, 5.74) is 7.78. The number of aliphatic hydroxyl groups excluding tert-OH is 1. The van der Waals surface area contributed by atoms with E-state index in [1.54, 1.807) is 17.1 Å². The molecule has 0 saturated carbocycles. The Labute approximate surface area is 214 Å². The topological polar surface area (TPSA) is 125 Å². The highest BCUT2D eigenvalue weighted by Gasteiger charge is 2.28. The van der Waals surface area contributed by atoms with Gasteiger partial charge in [0.1, 0.15) is 0 Å². The highest BCUT2D eigenvalue weighted by molar-refractivity contribution is 6.36. The Morgan fingerprint density at radius 1 is 1.19 bits per heavy atom. The van der Waals surface area contributed by atoms with Crippen molar-refractivity contribution in [3.8, 4) is 11.1 Å². The maximum atomic E-state index is 13.1. The van der Waals surface area contributed by atoms with Crippen LogP contribution in [-0.2, 0) is 17.8 Å². The predicted octanol–water partition coefficient (Wildman–Crippen LogP) is 3.35. The molecule has 9 heteroatoms. The molecule has 188 valence electrons. The summed E-state index contributed by atoms with van der Waals surface area (Å²) in [6, 6.07) is 13.8. The van der Waals surface area contributed by atoms with Crippen molar-refractivity contribution in [1.82, 2.24) is 25.3 Å². The van der Waals surface area contributed by atoms with Crippen molar-refractivity contribution in [1.29, 1.82) is 0 Å². The van der Waals surface area contributed by atoms with Gasteiger partial charge in [-0.3, -0.25) is 14.3 Å². The molecule has 1 aliphatic heterocycles. The molecule has 0 fully saturated rings. The first-order valence-corrected chi connectivity index (χ1v) is 12.1. The van der Waals surface area contributed by atoms with Gasteiger partial charge in [-0.2, -0.15) is 0 Å². The van der Waals surface area contributed by atoms with Crippen LogP contribution in [0.2, 0.25) is 0 Å². The van der Waals surface area contributed by atoms with Gasteiger partial charge < -0.3 is 20.7 Å². The van der Waals surface area contributed by atoms with Crippen molar-refractivity contribution >= 4 is 29.2 Å². The fourth-order valence-corrected chi connectivity index (χ4v) is 4.78. The molecule has 9 nitrogen and oxygen atoms in total. The number of benzene rings is 2. The van der Waals surface area contributed by atoms with Crippen LogP contribution in [0.25, 0.3) is 22.8 Å². The summed E-state index contributed by atoms with van der Waals surface area (Å²) < 4.78 is 1.65. The number of anilines is 1. The lowest BCUT2D eigenvalue weighted by atomic mass is 9.93. The van der Waals surface area contributed by atoms with Gasteiger partial charge in [0.05, 0.1) is 23.9 Å². The summed E-state index contributed by atoms with van der Waals surface area (Å²) in [4.78, 5) is 29.3. The second-order valence-electron chi connectivity index (χ2n) is 9.00. The zero-order valence-electron chi connectivity index (χ0n) is 20.7. The molecule has 1 aliphatic rings. The van der Waals surface area contributed by atoms with Gasteiger partial charge in [0.25, 0.3) is 11.8 Å². The van der Waals surface area contributed by atoms with Gasteiger partial charge in [0, 0.05) is 42.0 Å². The van der Waals surface area contributed by atoms with E-state index in [1.165, 1.54) is 0 Å². The number of carbonyl (C=O) groups excluding carboxylic acids is 2. The van der Waals surface area contributed by atoms with Gasteiger partial charge in [-0.25, -0.2) is 0 Å². The van der Waals surface area contributed by atoms with Crippen LogP contribution in [0.5, 0.6) is 0 Å². The molecule has 3 heterocycles. The number of hydrogen-bond donors (Lipinski definition) is 4. The van der Waals surface area contributed by atoms with Crippen LogP contribution < -0.4 is 10.6 Å². The van der Waals surface area contributed by atoms with E-state index in [0.717, 1.165) is 39.2 Å². The van der Waals surface area contributed by atoms with Crippen molar-refractivity contribution < 1.29 is 14.7 Å². The number of aromatic amines is 1. The molecule has 4 aromatic rings. The minimum atomic E-state index is -0.195. The summed E-state index contributed by atoms with van der Waals surface area (Å²) in [5, 5.41) is 22.9. The minimum absolute atomic E-state index is 0.0728. The van der Waals surface area contributed by atoms with E-state index in [0.29, 0.717) is 36.3 Å². The number of aryl methyl sites for hydroxylation is 1. The first kappa shape index (κ1) is 24.2. The SMILES string of the molecule is Cc1[nH]c(C=C2C(=O)Nc3cccc(-c4cccc(CCO)c4)c32)c(C)c1C(=O)NCCn1ccnn1. The second-order valence-corrected chi connectivity index (χ2v) is 9.00. The van der Waals surface area contributed by atoms with E-state index >= 15 is 0 Å². The largest absolute Gasteiger partial charge is 0.396 e. The van der Waals surface area contributed by atoms with Gasteiger partial charge in [0.15, 0.2) is 0 Å². The van der Waals surface area contributed by atoms with Crippen molar-refractivity contribution in [3.63, 3.8) is 0 Å². The first-order valence-electron chi connectivity index (χ1n) is 12.1. The van der Waals surface area contributed by atoms with E-state index in [2.05, 4.69) is 25.9 Å². The maximum Gasteiger partial charge on any atom is 0.256 e. The minimum Gasteiger partial charge on any atom is -0.396 e. The molecule has 2 aromatic carbocycles. The summed E-state index contributed by atoms with van der Waals surface area (Å²) in [5.74, 6) is -0.381. The van der Waals surface area contributed by atoms with Gasteiger partial charge >= 0.3 is 0 Å². The third-order valence-electron chi connectivity index (χ3n) is 6.56. The first-order chi connectivity index (χ1) is 18.0. The molecule has 0 atom stereocenters. The second kappa shape index (κ2) is 10.2. The normalized spacial score (nSPS) is 13.6. The molecular formula is C28H28N6O3. The van der Waals surface area contributed by atoms with Crippen molar-refractivity contribution in [2.45, 2.75) is 26.8 Å². The van der Waals surface area contributed by atoms with Crippen LogP contribution in [-0.4, -0.2) is 50.1 Å². The monoisotopic (exact) mass is 496 g/mol. The van der Waals surface area contributed by atoms with Crippen molar-refractivity contribution in [2.24, 2.45) is 0 Å². The fourth-order valence-electron chi connectivity index (χ4n) is 4.78. The molecule has 0 unspecified atom stereocenters. The van der Waals surface area contributed by atoms with Crippen LogP contribution in [0.4, 0.5) is 5.69 Å². The molecule has 5 rings (SSSR count). The summed E-state index contributed by atoms with van der Waals surface area (Å²) in [6.45, 7) is 4.73. The number of H-pyrrole nitrogens is 1. The van der Waals surface area contributed by atoms with Crippen molar-refractivity contribution in [3.05, 3.63) is 88.5 Å². The molecule has 2 aromatic heterocycles. The molecule has 0 bridgehead atoms. The Hall–Kier alpha value is -4.50. The highest BCUT2D eigenvalue weighted by Crippen LogP contribution is 2.41. The molecule has 4 N–H and O–H groups in total. The third-order valence-corrected chi connectivity index (χ3v) is 6.56. The van der Waals surface area contributed by atoms with Crippen LogP contribution in [0.1, 0.15) is 38.4 Å². The Morgan fingerprint density at radius 2 is 2.03 bits per heavy atom.